The Kier molecular flexibility index (Phi) is 2.37. The highest BCUT2D eigenvalue weighted by molar-refractivity contribution is 4.88. The van der Waals surface area contributed by atoms with Crippen LogP contribution in [0.5, 0.6) is 0 Å². The maximum atomic E-state index is 3.87. The van der Waals surface area contributed by atoms with Gasteiger partial charge >= 0.3 is 0 Å². The van der Waals surface area contributed by atoms with Gasteiger partial charge < -0.3 is 4.98 Å². The van der Waals surface area contributed by atoms with Crippen molar-refractivity contribution in [2.24, 2.45) is 0 Å². The van der Waals surface area contributed by atoms with E-state index in [1.165, 1.54) is 0 Å². The molecular weight excluding hydrogens is 112 g/mol. The topological polar surface area (TPSA) is 28.7 Å². The van der Waals surface area contributed by atoms with Gasteiger partial charge in [-0.3, -0.25) is 0 Å². The first-order chi connectivity index (χ1) is 4.50. The lowest BCUT2D eigenvalue weighted by molar-refractivity contribution is 1.21. The number of rotatable bonds is 0. The molecule has 0 fully saturated rings. The molecule has 0 unspecified atom stereocenters. The second kappa shape index (κ2) is 3.66. The van der Waals surface area contributed by atoms with Crippen LogP contribution in [0.2, 0.25) is 0 Å². The quantitative estimate of drug-likeness (QED) is 0.552. The highest BCUT2D eigenvalue weighted by atomic mass is 14.8. The molecule has 2 nitrogen and oxygen atoms in total. The molecule has 0 aliphatic heterocycles. The number of aromatic nitrogens is 2. The van der Waals surface area contributed by atoms with Crippen molar-refractivity contribution in [2.45, 2.75) is 0 Å². The van der Waals surface area contributed by atoms with E-state index >= 15 is 0 Å². The number of nitrogens with zero attached hydrogens (tertiary/aromatic N) is 1. The predicted octanol–water partition coefficient (Wildman–Crippen LogP) is 1.53. The van der Waals surface area contributed by atoms with Gasteiger partial charge in [0, 0.05) is 12.4 Å². The fraction of sp³-hybridized carbons (Fsp3) is 0. The Bertz CT molecular complexity index is 129. The Morgan fingerprint density at radius 3 is 2.89 bits per heavy atom. The number of aromatic amines is 1. The van der Waals surface area contributed by atoms with Crippen LogP contribution in [0.3, 0.4) is 0 Å². The SMILES string of the molecule is c1ccc[nH]cncc1. The van der Waals surface area contributed by atoms with Crippen molar-refractivity contribution in [1.29, 1.82) is 0 Å². The molecule has 2 heteroatoms. The molecule has 0 aliphatic carbocycles. The van der Waals surface area contributed by atoms with E-state index in [-0.39, 0.29) is 0 Å². The summed E-state index contributed by atoms with van der Waals surface area (Å²) in [5.74, 6) is 0. The lowest BCUT2D eigenvalue weighted by Crippen LogP contribution is -1.59. The Morgan fingerprint density at radius 1 is 1.00 bits per heavy atom. The Balaban J connectivity index is 3.04. The van der Waals surface area contributed by atoms with Crippen LogP contribution in [0.1, 0.15) is 0 Å². The highest BCUT2D eigenvalue weighted by Gasteiger charge is 1.57. The highest BCUT2D eigenvalue weighted by Crippen LogP contribution is 1.72. The van der Waals surface area contributed by atoms with Crippen LogP contribution in [-0.4, -0.2) is 9.97 Å². The molecule has 9 heavy (non-hydrogen) atoms. The number of nitrogens with one attached hydrogen (secondary N) is 1. The molecule has 0 bridgehead atoms. The van der Waals surface area contributed by atoms with Crippen LogP contribution >= 0.6 is 0 Å². The summed E-state index contributed by atoms with van der Waals surface area (Å²) in [6, 6.07) is 7.62. The van der Waals surface area contributed by atoms with Gasteiger partial charge in [0.2, 0.25) is 0 Å². The molecule has 0 saturated carbocycles. The van der Waals surface area contributed by atoms with Crippen molar-refractivity contribution < 1.29 is 0 Å². The molecule has 46 valence electrons. The van der Waals surface area contributed by atoms with E-state index in [1.54, 1.807) is 12.5 Å². The lowest BCUT2D eigenvalue weighted by atomic mass is 10.5. The summed E-state index contributed by atoms with van der Waals surface area (Å²) in [4.78, 5) is 6.72. The normalized spacial score (nSPS) is 8.00. The van der Waals surface area contributed by atoms with E-state index in [0.717, 1.165) is 0 Å². The molecule has 1 N–H and O–H groups in total. The van der Waals surface area contributed by atoms with Gasteiger partial charge in [-0.05, 0) is 12.1 Å². The van der Waals surface area contributed by atoms with Gasteiger partial charge in [-0.15, -0.1) is 0 Å². The smallest absolute Gasteiger partial charge is 0.0918 e. The molecule has 0 spiro atoms. The van der Waals surface area contributed by atoms with Crippen LogP contribution in [0.4, 0.5) is 0 Å². The second-order valence-electron chi connectivity index (χ2n) is 1.53. The van der Waals surface area contributed by atoms with Gasteiger partial charge in [0.15, 0.2) is 0 Å². The number of hydrogen-bond acceptors (Lipinski definition) is 1. The monoisotopic (exact) mass is 120 g/mol. The van der Waals surface area contributed by atoms with Gasteiger partial charge in [-0.25, -0.2) is 4.98 Å². The molecule has 0 saturated heterocycles. The maximum Gasteiger partial charge on any atom is 0.0918 e. The molecule has 1 rings (SSSR count). The standard InChI is InChI=1S/C7H8N2/c1-2-4-6-9-7-8-5-3-1/h1-7H,(H,8,9). The van der Waals surface area contributed by atoms with E-state index < -0.39 is 0 Å². The van der Waals surface area contributed by atoms with E-state index in [4.69, 9.17) is 0 Å². The molecule has 0 aromatic carbocycles. The average molecular weight is 120 g/mol. The summed E-state index contributed by atoms with van der Waals surface area (Å²) in [5.41, 5.74) is 0. The van der Waals surface area contributed by atoms with E-state index in [1.807, 2.05) is 30.5 Å². The largest absolute Gasteiger partial charge is 0.353 e. The first kappa shape index (κ1) is 5.82. The van der Waals surface area contributed by atoms with Gasteiger partial charge in [0.05, 0.1) is 6.33 Å². The van der Waals surface area contributed by atoms with Crippen molar-refractivity contribution in [3.8, 4) is 0 Å². The van der Waals surface area contributed by atoms with Crippen LogP contribution < -0.4 is 0 Å². The van der Waals surface area contributed by atoms with Crippen molar-refractivity contribution in [3.63, 3.8) is 0 Å². The van der Waals surface area contributed by atoms with E-state index in [2.05, 4.69) is 9.97 Å². The lowest BCUT2D eigenvalue weighted by Gasteiger charge is -1.65. The van der Waals surface area contributed by atoms with Gasteiger partial charge in [-0.1, -0.05) is 12.1 Å². The van der Waals surface area contributed by atoms with Crippen molar-refractivity contribution in [2.75, 3.05) is 0 Å². The molecule has 0 atom stereocenters. The molecule has 1 heterocycles. The predicted molar refractivity (Wildman–Crippen MR) is 36.2 cm³/mol. The summed E-state index contributed by atoms with van der Waals surface area (Å²) in [7, 11) is 0. The minimum absolute atomic E-state index is 1.62. The molecule has 0 radical (unpaired) electrons. The summed E-state index contributed by atoms with van der Waals surface area (Å²) in [6.45, 7) is 0. The zero-order valence-corrected chi connectivity index (χ0v) is 4.99. The van der Waals surface area contributed by atoms with Crippen molar-refractivity contribution >= 4 is 0 Å². The zero-order chi connectivity index (χ0) is 6.36. The van der Waals surface area contributed by atoms with E-state index in [9.17, 15) is 0 Å². The summed E-state index contributed by atoms with van der Waals surface area (Å²) < 4.78 is 0. The van der Waals surface area contributed by atoms with Gasteiger partial charge in [0.1, 0.15) is 0 Å². The maximum absolute atomic E-state index is 3.87. The first-order valence-corrected chi connectivity index (χ1v) is 2.76. The van der Waals surface area contributed by atoms with Crippen LogP contribution in [0, 0.1) is 0 Å². The number of H-pyrrole nitrogens is 1. The van der Waals surface area contributed by atoms with Gasteiger partial charge in [-0.2, -0.15) is 0 Å². The first-order valence-electron chi connectivity index (χ1n) is 2.76. The molecule has 0 amide bonds. The third-order valence-electron chi connectivity index (χ3n) is 0.847. The molecular formula is C7H8N2. The van der Waals surface area contributed by atoms with Crippen LogP contribution in [0.25, 0.3) is 0 Å². The van der Waals surface area contributed by atoms with Crippen LogP contribution in [-0.2, 0) is 0 Å². The second-order valence-corrected chi connectivity index (χ2v) is 1.53. The Morgan fingerprint density at radius 2 is 1.89 bits per heavy atom. The minimum atomic E-state index is 1.62. The fourth-order valence-electron chi connectivity index (χ4n) is 0.468. The zero-order valence-electron chi connectivity index (χ0n) is 4.99. The molecule has 1 aromatic heterocycles. The Hall–Kier alpha value is -1.31. The van der Waals surface area contributed by atoms with Crippen LogP contribution in [0.15, 0.2) is 43.0 Å². The summed E-state index contributed by atoms with van der Waals surface area (Å²) >= 11 is 0. The molecule has 1 aromatic rings. The van der Waals surface area contributed by atoms with Crippen molar-refractivity contribution in [3.05, 3.63) is 43.0 Å². The fourth-order valence-corrected chi connectivity index (χ4v) is 0.468. The average Bonchev–Trinajstić information content (AvgIpc) is 2.00. The van der Waals surface area contributed by atoms with E-state index in [0.29, 0.717) is 0 Å². The third-order valence-corrected chi connectivity index (χ3v) is 0.847. The third kappa shape index (κ3) is 2.49. The molecule has 0 aliphatic rings. The summed E-state index contributed by atoms with van der Waals surface area (Å²) in [6.07, 6.45) is 5.16. The van der Waals surface area contributed by atoms with Gasteiger partial charge in [0.25, 0.3) is 0 Å². The Labute approximate surface area is 53.9 Å². The minimum Gasteiger partial charge on any atom is -0.353 e. The van der Waals surface area contributed by atoms with Crippen molar-refractivity contribution in [1.82, 2.24) is 9.97 Å². The summed E-state index contributed by atoms with van der Waals surface area (Å²) in [5, 5.41) is 0. The number of hydrogen-bond donors (Lipinski definition) is 1.